The topological polar surface area (TPSA) is 32.3 Å². The van der Waals surface area contributed by atoms with E-state index in [1.165, 1.54) is 36.9 Å². The fourth-order valence-corrected chi connectivity index (χ4v) is 3.86. The molecule has 1 unspecified atom stereocenters. The summed E-state index contributed by atoms with van der Waals surface area (Å²) in [6, 6.07) is 11.3. The average Bonchev–Trinajstić information content (AvgIpc) is 2.75. The van der Waals surface area contributed by atoms with Gasteiger partial charge in [-0.1, -0.05) is 31.0 Å². The highest BCUT2D eigenvalue weighted by molar-refractivity contribution is 5.70. The minimum atomic E-state index is 0.444. The van der Waals surface area contributed by atoms with Crippen molar-refractivity contribution < 1.29 is 0 Å². The first-order chi connectivity index (χ1) is 11.3. The van der Waals surface area contributed by atoms with Crippen LogP contribution in [0.25, 0.3) is 0 Å². The van der Waals surface area contributed by atoms with Crippen molar-refractivity contribution in [2.45, 2.75) is 45.1 Å². The first-order valence-corrected chi connectivity index (χ1v) is 8.77. The van der Waals surface area contributed by atoms with Gasteiger partial charge in [0.1, 0.15) is 18.0 Å². The predicted octanol–water partition coefficient (Wildman–Crippen LogP) is 3.94. The Morgan fingerprint density at radius 1 is 0.957 bits per heavy atom. The highest BCUT2D eigenvalue weighted by atomic mass is 15.3. The molecule has 120 valence electrons. The third-order valence-electron chi connectivity index (χ3n) is 5.02. The Morgan fingerprint density at radius 2 is 1.70 bits per heavy atom. The van der Waals surface area contributed by atoms with Crippen LogP contribution in [0.3, 0.4) is 0 Å². The molecule has 2 aliphatic heterocycles. The normalized spacial score (nSPS) is 21.2. The summed E-state index contributed by atoms with van der Waals surface area (Å²) in [6.07, 6.45) is 8.02. The molecule has 23 heavy (non-hydrogen) atoms. The average molecular weight is 308 g/mol. The molecule has 1 aromatic heterocycles. The van der Waals surface area contributed by atoms with Crippen LogP contribution in [-0.4, -0.2) is 29.1 Å². The maximum atomic E-state index is 4.58. The highest BCUT2D eigenvalue weighted by Crippen LogP contribution is 2.37. The van der Waals surface area contributed by atoms with Crippen LogP contribution in [0, 0.1) is 0 Å². The van der Waals surface area contributed by atoms with Gasteiger partial charge in [-0.05, 0) is 37.8 Å². The van der Waals surface area contributed by atoms with Crippen molar-refractivity contribution in [2.24, 2.45) is 0 Å². The fraction of sp³-hybridized carbons (Fsp3) is 0.474. The number of hydrogen-bond donors (Lipinski definition) is 0. The van der Waals surface area contributed by atoms with E-state index in [9.17, 15) is 0 Å². The molecule has 0 amide bonds. The van der Waals surface area contributed by atoms with E-state index in [1.807, 2.05) is 0 Å². The second kappa shape index (κ2) is 6.19. The number of aromatic nitrogens is 2. The SMILES string of the molecule is CC1Cc2ccccc2N1c1cc(N2CCCCCC2)ncn1. The number of nitrogens with zero attached hydrogens (tertiary/aromatic N) is 4. The van der Waals surface area contributed by atoms with Crippen LogP contribution >= 0.6 is 0 Å². The molecule has 2 aromatic rings. The lowest BCUT2D eigenvalue weighted by atomic mass is 10.1. The quantitative estimate of drug-likeness (QED) is 0.841. The number of para-hydroxylation sites is 1. The van der Waals surface area contributed by atoms with Gasteiger partial charge >= 0.3 is 0 Å². The summed E-state index contributed by atoms with van der Waals surface area (Å²) in [5.74, 6) is 2.10. The van der Waals surface area contributed by atoms with Crippen molar-refractivity contribution in [2.75, 3.05) is 22.9 Å². The van der Waals surface area contributed by atoms with E-state index in [2.05, 4.69) is 57.0 Å². The lowest BCUT2D eigenvalue weighted by molar-refractivity contribution is 0.726. The molecule has 4 rings (SSSR count). The number of fused-ring (bicyclic) bond motifs is 1. The van der Waals surface area contributed by atoms with Crippen molar-refractivity contribution >= 4 is 17.3 Å². The van der Waals surface area contributed by atoms with Gasteiger partial charge in [-0.25, -0.2) is 9.97 Å². The molecule has 2 aliphatic rings. The van der Waals surface area contributed by atoms with Crippen LogP contribution in [0.5, 0.6) is 0 Å². The van der Waals surface area contributed by atoms with Gasteiger partial charge in [-0.15, -0.1) is 0 Å². The Balaban J connectivity index is 1.66. The number of anilines is 3. The van der Waals surface area contributed by atoms with Gasteiger partial charge < -0.3 is 9.80 Å². The summed E-state index contributed by atoms with van der Waals surface area (Å²) in [7, 11) is 0. The molecule has 1 aromatic carbocycles. The van der Waals surface area contributed by atoms with Gasteiger partial charge in [0.25, 0.3) is 0 Å². The van der Waals surface area contributed by atoms with Crippen molar-refractivity contribution in [1.82, 2.24) is 9.97 Å². The second-order valence-corrected chi connectivity index (χ2v) is 6.69. The molecule has 1 fully saturated rings. The fourth-order valence-electron chi connectivity index (χ4n) is 3.86. The Bertz CT molecular complexity index is 677. The molecule has 0 N–H and O–H groups in total. The van der Waals surface area contributed by atoms with E-state index >= 15 is 0 Å². The van der Waals surface area contributed by atoms with Gasteiger partial charge in [-0.3, -0.25) is 0 Å². The third-order valence-corrected chi connectivity index (χ3v) is 5.02. The van der Waals surface area contributed by atoms with E-state index in [-0.39, 0.29) is 0 Å². The number of hydrogen-bond acceptors (Lipinski definition) is 4. The largest absolute Gasteiger partial charge is 0.356 e. The minimum absolute atomic E-state index is 0.444. The summed E-state index contributed by atoms with van der Waals surface area (Å²) >= 11 is 0. The van der Waals surface area contributed by atoms with Crippen molar-refractivity contribution in [3.05, 3.63) is 42.2 Å². The van der Waals surface area contributed by atoms with E-state index in [1.54, 1.807) is 6.33 Å². The predicted molar refractivity (Wildman–Crippen MR) is 94.5 cm³/mol. The molecule has 4 heteroatoms. The zero-order chi connectivity index (χ0) is 15.6. The molecule has 0 saturated carbocycles. The monoisotopic (exact) mass is 308 g/mol. The van der Waals surface area contributed by atoms with Crippen molar-refractivity contribution in [3.63, 3.8) is 0 Å². The van der Waals surface area contributed by atoms with E-state index in [0.29, 0.717) is 6.04 Å². The van der Waals surface area contributed by atoms with E-state index in [4.69, 9.17) is 0 Å². The molecule has 0 bridgehead atoms. The molecule has 0 radical (unpaired) electrons. The lowest BCUT2D eigenvalue weighted by Crippen LogP contribution is -2.27. The van der Waals surface area contributed by atoms with Crippen LogP contribution in [0.1, 0.15) is 38.2 Å². The summed E-state index contributed by atoms with van der Waals surface area (Å²) in [4.78, 5) is 13.9. The Kier molecular flexibility index (Phi) is 3.90. The molecule has 1 atom stereocenters. The summed E-state index contributed by atoms with van der Waals surface area (Å²) in [6.45, 7) is 4.50. The van der Waals surface area contributed by atoms with Crippen molar-refractivity contribution in [1.29, 1.82) is 0 Å². The maximum Gasteiger partial charge on any atom is 0.138 e. The van der Waals surface area contributed by atoms with Gasteiger partial charge in [0.2, 0.25) is 0 Å². The standard InChI is InChI=1S/C19H24N4/c1-15-12-16-8-4-5-9-17(16)23(15)19-13-18(20-14-21-19)22-10-6-2-3-7-11-22/h4-5,8-9,13-15H,2-3,6-7,10-12H2,1H3. The van der Waals surface area contributed by atoms with Crippen molar-refractivity contribution in [3.8, 4) is 0 Å². The summed E-state index contributed by atoms with van der Waals surface area (Å²) in [5.41, 5.74) is 2.70. The van der Waals surface area contributed by atoms with Gasteiger partial charge in [0.15, 0.2) is 0 Å². The molecule has 4 nitrogen and oxygen atoms in total. The zero-order valence-electron chi connectivity index (χ0n) is 13.8. The molecule has 0 spiro atoms. The summed E-state index contributed by atoms with van der Waals surface area (Å²) in [5, 5.41) is 0. The van der Waals surface area contributed by atoms with Gasteiger partial charge in [-0.2, -0.15) is 0 Å². The van der Waals surface area contributed by atoms with E-state index < -0.39 is 0 Å². The maximum absolute atomic E-state index is 4.58. The smallest absolute Gasteiger partial charge is 0.138 e. The molecular formula is C19H24N4. The summed E-state index contributed by atoms with van der Waals surface area (Å²) < 4.78 is 0. The first kappa shape index (κ1) is 14.5. The molecular weight excluding hydrogens is 284 g/mol. The van der Waals surface area contributed by atoms with Crippen LogP contribution in [0.2, 0.25) is 0 Å². The van der Waals surface area contributed by atoms with Gasteiger partial charge in [0, 0.05) is 30.9 Å². The zero-order valence-corrected chi connectivity index (χ0v) is 13.8. The van der Waals surface area contributed by atoms with Crippen LogP contribution in [0.4, 0.5) is 17.3 Å². The second-order valence-electron chi connectivity index (χ2n) is 6.69. The Morgan fingerprint density at radius 3 is 2.52 bits per heavy atom. The van der Waals surface area contributed by atoms with Gasteiger partial charge in [0.05, 0.1) is 0 Å². The van der Waals surface area contributed by atoms with Crippen LogP contribution < -0.4 is 9.80 Å². The number of benzene rings is 1. The lowest BCUT2D eigenvalue weighted by Gasteiger charge is -2.26. The van der Waals surface area contributed by atoms with Crippen LogP contribution in [-0.2, 0) is 6.42 Å². The Labute approximate surface area is 138 Å². The number of rotatable bonds is 2. The molecule has 0 aliphatic carbocycles. The van der Waals surface area contributed by atoms with E-state index in [0.717, 1.165) is 31.1 Å². The van der Waals surface area contributed by atoms with Crippen LogP contribution in [0.15, 0.2) is 36.7 Å². The molecule has 1 saturated heterocycles. The highest BCUT2D eigenvalue weighted by Gasteiger charge is 2.28. The Hall–Kier alpha value is -2.10. The molecule has 3 heterocycles. The minimum Gasteiger partial charge on any atom is -0.356 e. The first-order valence-electron chi connectivity index (χ1n) is 8.77. The third kappa shape index (κ3) is 2.78.